The van der Waals surface area contributed by atoms with E-state index in [9.17, 15) is 14.0 Å². The number of para-hydroxylation sites is 1. The van der Waals surface area contributed by atoms with Gasteiger partial charge >= 0.3 is 6.09 Å². The van der Waals surface area contributed by atoms with Gasteiger partial charge in [-0.15, -0.1) is 0 Å². The van der Waals surface area contributed by atoms with Crippen molar-refractivity contribution in [2.75, 3.05) is 18.4 Å². The zero-order chi connectivity index (χ0) is 27.9. The fourth-order valence-corrected chi connectivity index (χ4v) is 5.12. The Morgan fingerprint density at radius 2 is 1.92 bits per heavy atom. The number of likely N-dealkylation sites (tertiary alicyclic amines) is 1. The van der Waals surface area contributed by atoms with Crippen LogP contribution in [0, 0.1) is 12.7 Å². The summed E-state index contributed by atoms with van der Waals surface area (Å²) < 4.78 is 23.7. The van der Waals surface area contributed by atoms with Gasteiger partial charge in [0.15, 0.2) is 0 Å². The summed E-state index contributed by atoms with van der Waals surface area (Å²) in [5.41, 5.74) is 0.983. The molecule has 1 amide bonds. The van der Waals surface area contributed by atoms with Crippen molar-refractivity contribution in [1.82, 2.24) is 29.2 Å². The van der Waals surface area contributed by atoms with Crippen LogP contribution in [-0.4, -0.2) is 54.0 Å². The lowest BCUT2D eigenvalue weighted by Crippen LogP contribution is -2.42. The number of carbonyl (C=O) groups excluding carboxylic acids is 1. The van der Waals surface area contributed by atoms with Crippen LogP contribution in [0.1, 0.15) is 45.2 Å². The number of pyridine rings is 1. The fourth-order valence-electron chi connectivity index (χ4n) is 4.61. The van der Waals surface area contributed by atoms with Gasteiger partial charge in [0.25, 0.3) is 5.56 Å². The highest BCUT2D eigenvalue weighted by molar-refractivity contribution is 9.10. The van der Waals surface area contributed by atoms with Gasteiger partial charge < -0.3 is 15.0 Å². The molecular weight excluding hydrogens is 569 g/mol. The van der Waals surface area contributed by atoms with E-state index in [0.717, 1.165) is 12.8 Å². The van der Waals surface area contributed by atoms with E-state index < -0.39 is 17.0 Å². The summed E-state index contributed by atoms with van der Waals surface area (Å²) in [5, 5.41) is 7.88. The third-order valence-corrected chi connectivity index (χ3v) is 7.06. The molecule has 1 aromatic carbocycles. The maximum atomic E-state index is 14.6. The summed E-state index contributed by atoms with van der Waals surface area (Å²) in [6, 6.07) is 4.81. The van der Waals surface area contributed by atoms with Gasteiger partial charge in [0, 0.05) is 31.7 Å². The third kappa shape index (κ3) is 5.65. The smallest absolute Gasteiger partial charge is 0.410 e. The molecule has 204 valence electrons. The highest BCUT2D eigenvalue weighted by Gasteiger charge is 2.28. The van der Waals surface area contributed by atoms with Gasteiger partial charge in [-0.2, -0.15) is 5.10 Å². The first-order chi connectivity index (χ1) is 18.5. The first kappa shape index (κ1) is 26.8. The van der Waals surface area contributed by atoms with E-state index in [1.54, 1.807) is 30.2 Å². The molecule has 12 heteroatoms. The lowest BCUT2D eigenvalue weighted by molar-refractivity contribution is 0.0185. The van der Waals surface area contributed by atoms with Gasteiger partial charge in [0.2, 0.25) is 5.95 Å². The molecule has 39 heavy (non-hydrogen) atoms. The zero-order valence-corrected chi connectivity index (χ0v) is 23.7. The predicted octanol–water partition coefficient (Wildman–Crippen LogP) is 5.50. The Hall–Kier alpha value is -3.80. The summed E-state index contributed by atoms with van der Waals surface area (Å²) >= 11 is 3.48. The van der Waals surface area contributed by atoms with Crippen LogP contribution in [0.3, 0.4) is 0 Å². The Morgan fingerprint density at radius 3 is 2.62 bits per heavy atom. The number of aryl methyl sites for hydroxylation is 1. The Balaban J connectivity index is 1.31. The van der Waals surface area contributed by atoms with E-state index >= 15 is 0 Å². The van der Waals surface area contributed by atoms with E-state index in [1.807, 2.05) is 31.6 Å². The number of hydrogen-bond acceptors (Lipinski definition) is 7. The maximum absolute atomic E-state index is 14.6. The molecule has 4 aromatic rings. The van der Waals surface area contributed by atoms with Crippen molar-refractivity contribution in [3.05, 3.63) is 69.2 Å². The van der Waals surface area contributed by atoms with E-state index in [-0.39, 0.29) is 23.2 Å². The van der Waals surface area contributed by atoms with Crippen molar-refractivity contribution in [3.63, 3.8) is 0 Å². The summed E-state index contributed by atoms with van der Waals surface area (Å²) in [4.78, 5) is 36.1. The quantitative estimate of drug-likeness (QED) is 0.331. The third-order valence-electron chi connectivity index (χ3n) is 6.48. The number of benzene rings is 1. The molecule has 1 aliphatic rings. The molecule has 0 aliphatic carbocycles. The number of rotatable bonds is 4. The van der Waals surface area contributed by atoms with Gasteiger partial charge in [0.05, 0.1) is 39.0 Å². The van der Waals surface area contributed by atoms with Crippen LogP contribution in [-0.2, 0) is 4.74 Å². The van der Waals surface area contributed by atoms with Crippen molar-refractivity contribution >= 4 is 44.6 Å². The minimum atomic E-state index is -0.522. The number of halogens is 2. The fraction of sp³-hybridized carbons (Fsp3) is 0.370. The number of nitrogens with zero attached hydrogens (tertiary/aromatic N) is 6. The standard InChI is InChI=1S/C27H29BrFN7O3/c1-16-6-5-7-21(29)23(16)35-15-20(28)22-19(24(35)37)13-30-25(33-22)32-17-12-31-36(14-17)18-8-10-34(11-9-18)26(38)39-27(2,3)4/h5-7,12-15,18H,8-11H2,1-4H3,(H,30,32,33). The normalized spacial score (nSPS) is 14.6. The zero-order valence-electron chi connectivity index (χ0n) is 22.1. The number of fused-ring (bicyclic) bond motifs is 1. The van der Waals surface area contributed by atoms with Gasteiger partial charge in [-0.05, 0) is 68.1 Å². The SMILES string of the molecule is Cc1cccc(F)c1-n1cc(Br)c2nc(Nc3cnn(C4CCN(C(=O)OC(C)(C)C)CC4)c3)ncc2c1=O. The number of nitrogens with one attached hydrogen (secondary N) is 1. The molecule has 1 saturated heterocycles. The number of ether oxygens (including phenoxy) is 1. The average molecular weight is 598 g/mol. The predicted molar refractivity (Wildman–Crippen MR) is 149 cm³/mol. The molecule has 10 nitrogen and oxygen atoms in total. The first-order valence-electron chi connectivity index (χ1n) is 12.6. The average Bonchev–Trinajstić information content (AvgIpc) is 3.34. The molecule has 1 aliphatic heterocycles. The van der Waals surface area contributed by atoms with E-state index in [1.165, 1.54) is 23.0 Å². The maximum Gasteiger partial charge on any atom is 0.410 e. The van der Waals surface area contributed by atoms with Crippen LogP contribution in [0.4, 0.5) is 20.8 Å². The Morgan fingerprint density at radius 1 is 1.18 bits per heavy atom. The minimum absolute atomic E-state index is 0.145. The monoisotopic (exact) mass is 597 g/mol. The van der Waals surface area contributed by atoms with Crippen LogP contribution in [0.2, 0.25) is 0 Å². The summed E-state index contributed by atoms with van der Waals surface area (Å²) in [5.74, 6) is -0.197. The highest BCUT2D eigenvalue weighted by atomic mass is 79.9. The minimum Gasteiger partial charge on any atom is -0.444 e. The van der Waals surface area contributed by atoms with Crippen molar-refractivity contribution in [1.29, 1.82) is 0 Å². The molecule has 5 rings (SSSR count). The molecule has 0 radical (unpaired) electrons. The molecular formula is C27H29BrFN7O3. The number of piperidine rings is 1. The van der Waals surface area contributed by atoms with Crippen molar-refractivity contribution in [2.24, 2.45) is 0 Å². The second kappa shape index (κ2) is 10.4. The van der Waals surface area contributed by atoms with Crippen LogP contribution in [0.25, 0.3) is 16.6 Å². The van der Waals surface area contributed by atoms with Crippen LogP contribution < -0.4 is 10.9 Å². The second-order valence-electron chi connectivity index (χ2n) is 10.5. The lowest BCUT2D eigenvalue weighted by Gasteiger charge is -2.33. The molecule has 0 spiro atoms. The van der Waals surface area contributed by atoms with Crippen molar-refractivity contribution in [3.8, 4) is 5.69 Å². The van der Waals surface area contributed by atoms with Crippen LogP contribution in [0.5, 0.6) is 0 Å². The first-order valence-corrected chi connectivity index (χ1v) is 13.4. The summed E-state index contributed by atoms with van der Waals surface area (Å²) in [7, 11) is 0. The molecule has 0 bridgehead atoms. The van der Waals surface area contributed by atoms with E-state index in [0.29, 0.717) is 40.3 Å². The summed E-state index contributed by atoms with van der Waals surface area (Å²) in [6.07, 6.45) is 7.73. The Kier molecular flexibility index (Phi) is 7.15. The highest BCUT2D eigenvalue weighted by Crippen LogP contribution is 2.27. The second-order valence-corrected chi connectivity index (χ2v) is 11.4. The molecule has 4 heterocycles. The van der Waals surface area contributed by atoms with E-state index in [2.05, 4.69) is 36.3 Å². The van der Waals surface area contributed by atoms with Crippen molar-refractivity contribution in [2.45, 2.75) is 52.2 Å². The number of aromatic nitrogens is 5. The van der Waals surface area contributed by atoms with Crippen LogP contribution >= 0.6 is 15.9 Å². The Bertz CT molecular complexity index is 1580. The molecule has 1 fully saturated rings. The van der Waals surface area contributed by atoms with Crippen LogP contribution in [0.15, 0.2) is 52.3 Å². The van der Waals surface area contributed by atoms with Crippen molar-refractivity contribution < 1.29 is 13.9 Å². The number of amides is 1. The van der Waals surface area contributed by atoms with Gasteiger partial charge in [-0.1, -0.05) is 12.1 Å². The molecule has 3 aromatic heterocycles. The summed E-state index contributed by atoms with van der Waals surface area (Å²) in [6.45, 7) is 8.50. The topological polar surface area (TPSA) is 107 Å². The Labute approximate surface area is 232 Å². The number of carbonyl (C=O) groups is 1. The lowest BCUT2D eigenvalue weighted by atomic mass is 10.1. The van der Waals surface area contributed by atoms with Gasteiger partial charge in [-0.25, -0.2) is 19.2 Å². The largest absolute Gasteiger partial charge is 0.444 e. The molecule has 0 unspecified atom stereocenters. The molecule has 0 saturated carbocycles. The molecule has 1 N–H and O–H groups in total. The van der Waals surface area contributed by atoms with E-state index in [4.69, 9.17) is 4.74 Å². The van der Waals surface area contributed by atoms with Gasteiger partial charge in [-0.3, -0.25) is 14.0 Å². The molecule has 0 atom stereocenters. The number of anilines is 2. The van der Waals surface area contributed by atoms with Gasteiger partial charge in [0.1, 0.15) is 11.4 Å². The number of hydrogen-bond donors (Lipinski definition) is 1.